The number of rotatable bonds is 1. The van der Waals surface area contributed by atoms with Crippen LogP contribution >= 0.6 is 11.6 Å². The number of hydrogen-bond donors (Lipinski definition) is 1. The zero-order chi connectivity index (χ0) is 14.8. The molecule has 0 radical (unpaired) electrons. The SMILES string of the molecule is O=C1CN(C(=O)C2=Cc3cc(Cl)ccc3OC2)CCCN1. The molecule has 2 aliphatic heterocycles. The van der Waals surface area contributed by atoms with Crippen LogP contribution in [-0.4, -0.2) is 43.0 Å². The minimum atomic E-state index is -0.155. The quantitative estimate of drug-likeness (QED) is 0.854. The molecule has 5 nitrogen and oxygen atoms in total. The predicted molar refractivity (Wildman–Crippen MR) is 79.1 cm³/mol. The van der Waals surface area contributed by atoms with Crippen LogP contribution in [0.2, 0.25) is 5.02 Å². The van der Waals surface area contributed by atoms with Crippen LogP contribution in [0, 0.1) is 0 Å². The predicted octanol–water partition coefficient (Wildman–Crippen LogP) is 1.46. The van der Waals surface area contributed by atoms with Gasteiger partial charge in [-0.05, 0) is 30.7 Å². The third kappa shape index (κ3) is 3.03. The first-order valence-corrected chi connectivity index (χ1v) is 7.20. The maximum absolute atomic E-state index is 12.5. The summed E-state index contributed by atoms with van der Waals surface area (Å²) in [5, 5.41) is 3.35. The van der Waals surface area contributed by atoms with Crippen molar-refractivity contribution in [1.29, 1.82) is 0 Å². The van der Waals surface area contributed by atoms with Crippen LogP contribution in [0.5, 0.6) is 5.75 Å². The summed E-state index contributed by atoms with van der Waals surface area (Å²) in [5.74, 6) is 0.434. The van der Waals surface area contributed by atoms with Crippen LogP contribution in [0.25, 0.3) is 6.08 Å². The van der Waals surface area contributed by atoms with E-state index in [0.29, 0.717) is 29.4 Å². The lowest BCUT2D eigenvalue weighted by molar-refractivity contribution is -0.132. The van der Waals surface area contributed by atoms with Crippen molar-refractivity contribution in [2.75, 3.05) is 26.2 Å². The van der Waals surface area contributed by atoms with Crippen molar-refractivity contribution in [3.63, 3.8) is 0 Å². The van der Waals surface area contributed by atoms with Crippen molar-refractivity contribution in [3.8, 4) is 5.75 Å². The Morgan fingerprint density at radius 2 is 2.24 bits per heavy atom. The largest absolute Gasteiger partial charge is 0.488 e. The molecule has 0 unspecified atom stereocenters. The molecule has 0 saturated carbocycles. The van der Waals surface area contributed by atoms with E-state index in [-0.39, 0.29) is 25.0 Å². The van der Waals surface area contributed by atoms with Crippen LogP contribution in [0.4, 0.5) is 0 Å². The number of carbonyl (C=O) groups excluding carboxylic acids is 2. The highest BCUT2D eigenvalue weighted by Gasteiger charge is 2.25. The van der Waals surface area contributed by atoms with Gasteiger partial charge in [-0.25, -0.2) is 0 Å². The van der Waals surface area contributed by atoms with Gasteiger partial charge in [-0.3, -0.25) is 9.59 Å². The molecule has 1 aromatic carbocycles. The highest BCUT2D eigenvalue weighted by molar-refractivity contribution is 6.30. The molecule has 0 bridgehead atoms. The maximum Gasteiger partial charge on any atom is 0.253 e. The normalized spacial score (nSPS) is 18.0. The minimum Gasteiger partial charge on any atom is -0.488 e. The van der Waals surface area contributed by atoms with Gasteiger partial charge in [0.15, 0.2) is 0 Å². The van der Waals surface area contributed by atoms with Gasteiger partial charge < -0.3 is 15.0 Å². The molecule has 3 rings (SSSR count). The summed E-state index contributed by atoms with van der Waals surface area (Å²) < 4.78 is 5.59. The number of hydrogen-bond acceptors (Lipinski definition) is 3. The Balaban J connectivity index is 1.83. The minimum absolute atomic E-state index is 0.0958. The zero-order valence-electron chi connectivity index (χ0n) is 11.4. The summed E-state index contributed by atoms with van der Waals surface area (Å²) in [6.07, 6.45) is 2.55. The zero-order valence-corrected chi connectivity index (χ0v) is 12.2. The van der Waals surface area contributed by atoms with Crippen molar-refractivity contribution in [2.45, 2.75) is 6.42 Å². The molecular weight excluding hydrogens is 292 g/mol. The van der Waals surface area contributed by atoms with E-state index in [1.165, 1.54) is 0 Å². The second-order valence-electron chi connectivity index (χ2n) is 5.07. The lowest BCUT2D eigenvalue weighted by atomic mass is 10.1. The van der Waals surface area contributed by atoms with E-state index in [0.717, 1.165) is 12.0 Å². The van der Waals surface area contributed by atoms with Gasteiger partial charge in [-0.1, -0.05) is 11.6 Å². The Labute approximate surface area is 127 Å². The highest BCUT2D eigenvalue weighted by atomic mass is 35.5. The number of halogens is 1. The van der Waals surface area contributed by atoms with Crippen molar-refractivity contribution in [3.05, 3.63) is 34.4 Å². The van der Waals surface area contributed by atoms with Gasteiger partial charge in [-0.15, -0.1) is 0 Å². The maximum atomic E-state index is 12.5. The second kappa shape index (κ2) is 5.77. The molecule has 2 heterocycles. The third-order valence-corrected chi connectivity index (χ3v) is 3.74. The fraction of sp³-hybridized carbons (Fsp3) is 0.333. The molecule has 6 heteroatoms. The lowest BCUT2D eigenvalue weighted by Gasteiger charge is -2.23. The number of benzene rings is 1. The summed E-state index contributed by atoms with van der Waals surface area (Å²) >= 11 is 5.96. The van der Waals surface area contributed by atoms with Crippen LogP contribution in [0.15, 0.2) is 23.8 Å². The molecule has 0 aliphatic carbocycles. The average Bonchev–Trinajstić information content (AvgIpc) is 2.70. The molecule has 1 N–H and O–H groups in total. The number of ether oxygens (including phenoxy) is 1. The average molecular weight is 307 g/mol. The summed E-state index contributed by atoms with van der Waals surface area (Å²) in [7, 11) is 0. The molecule has 2 amide bonds. The monoisotopic (exact) mass is 306 g/mol. The van der Waals surface area contributed by atoms with Crippen molar-refractivity contribution in [1.82, 2.24) is 10.2 Å². The van der Waals surface area contributed by atoms with E-state index >= 15 is 0 Å². The molecule has 110 valence electrons. The van der Waals surface area contributed by atoms with Gasteiger partial charge in [0.25, 0.3) is 5.91 Å². The fourth-order valence-corrected chi connectivity index (χ4v) is 2.63. The first-order chi connectivity index (χ1) is 10.1. The first kappa shape index (κ1) is 13.9. The Morgan fingerprint density at radius 1 is 1.38 bits per heavy atom. The number of carbonyl (C=O) groups is 2. The van der Waals surface area contributed by atoms with Crippen LogP contribution in [0.1, 0.15) is 12.0 Å². The topological polar surface area (TPSA) is 58.6 Å². The summed E-state index contributed by atoms with van der Waals surface area (Å²) in [4.78, 5) is 25.6. The van der Waals surface area contributed by atoms with Gasteiger partial charge in [0.05, 0.1) is 12.1 Å². The van der Waals surface area contributed by atoms with Gasteiger partial charge in [0.1, 0.15) is 12.4 Å². The first-order valence-electron chi connectivity index (χ1n) is 6.82. The van der Waals surface area contributed by atoms with Crippen LogP contribution < -0.4 is 10.1 Å². The lowest BCUT2D eigenvalue weighted by Crippen LogP contribution is -2.39. The van der Waals surface area contributed by atoms with Crippen molar-refractivity contribution in [2.24, 2.45) is 0 Å². The molecule has 1 fully saturated rings. The van der Waals surface area contributed by atoms with Crippen LogP contribution in [0.3, 0.4) is 0 Å². The third-order valence-electron chi connectivity index (χ3n) is 3.51. The van der Waals surface area contributed by atoms with E-state index in [4.69, 9.17) is 16.3 Å². The van der Waals surface area contributed by atoms with Gasteiger partial charge in [0, 0.05) is 23.7 Å². The standard InChI is InChI=1S/C15H15ClN2O3/c16-12-2-3-13-10(7-12)6-11(9-21-13)15(20)18-5-1-4-17-14(19)8-18/h2-3,6-7H,1,4-5,8-9H2,(H,17,19). The van der Waals surface area contributed by atoms with Gasteiger partial charge >= 0.3 is 0 Å². The number of nitrogens with zero attached hydrogens (tertiary/aromatic N) is 1. The summed E-state index contributed by atoms with van der Waals surface area (Å²) in [6.45, 7) is 1.48. The summed E-state index contributed by atoms with van der Waals surface area (Å²) in [5.41, 5.74) is 1.33. The van der Waals surface area contributed by atoms with Gasteiger partial charge in [-0.2, -0.15) is 0 Å². The second-order valence-corrected chi connectivity index (χ2v) is 5.51. The van der Waals surface area contributed by atoms with E-state index in [1.807, 2.05) is 0 Å². The number of amides is 2. The fourth-order valence-electron chi connectivity index (χ4n) is 2.45. The molecular formula is C15H15ClN2O3. The molecule has 1 saturated heterocycles. The van der Waals surface area contributed by atoms with Gasteiger partial charge in [0.2, 0.25) is 5.91 Å². The Kier molecular flexibility index (Phi) is 3.84. The summed E-state index contributed by atoms with van der Waals surface area (Å²) in [6, 6.07) is 5.30. The Morgan fingerprint density at radius 3 is 3.10 bits per heavy atom. The number of fused-ring (bicyclic) bond motifs is 1. The number of nitrogens with one attached hydrogen (secondary N) is 1. The molecule has 2 aliphatic rings. The van der Waals surface area contributed by atoms with Crippen LogP contribution in [-0.2, 0) is 9.59 Å². The Bertz CT molecular complexity index is 627. The molecule has 0 spiro atoms. The molecule has 21 heavy (non-hydrogen) atoms. The van der Waals surface area contributed by atoms with E-state index < -0.39 is 0 Å². The molecule has 0 aromatic heterocycles. The Hall–Kier alpha value is -2.01. The van der Waals surface area contributed by atoms with E-state index in [1.54, 1.807) is 29.2 Å². The van der Waals surface area contributed by atoms with E-state index in [2.05, 4.69) is 5.32 Å². The van der Waals surface area contributed by atoms with E-state index in [9.17, 15) is 9.59 Å². The van der Waals surface area contributed by atoms with Crippen molar-refractivity contribution < 1.29 is 14.3 Å². The molecule has 1 aromatic rings. The van der Waals surface area contributed by atoms with Crippen molar-refractivity contribution >= 4 is 29.5 Å². The smallest absolute Gasteiger partial charge is 0.253 e. The molecule has 0 atom stereocenters. The highest BCUT2D eigenvalue weighted by Crippen LogP contribution is 2.29.